The first-order valence-electron chi connectivity index (χ1n) is 8.50. The molecule has 4 rings (SSSR count). The van der Waals surface area contributed by atoms with E-state index in [1.807, 2.05) is 23.7 Å². The quantitative estimate of drug-likeness (QED) is 0.764. The van der Waals surface area contributed by atoms with Gasteiger partial charge in [0.15, 0.2) is 17.3 Å². The Kier molecular flexibility index (Phi) is 3.87. The lowest BCUT2D eigenvalue weighted by molar-refractivity contribution is 0.244. The highest BCUT2D eigenvalue weighted by molar-refractivity contribution is 5.91. The molecule has 130 valence electrons. The van der Waals surface area contributed by atoms with E-state index in [-0.39, 0.29) is 12.1 Å². The summed E-state index contributed by atoms with van der Waals surface area (Å²) in [7, 11) is 0. The van der Waals surface area contributed by atoms with Gasteiger partial charge in [0.2, 0.25) is 0 Å². The second kappa shape index (κ2) is 6.19. The summed E-state index contributed by atoms with van der Waals surface area (Å²) in [5, 5.41) is 10.3. The Morgan fingerprint density at radius 3 is 3.12 bits per heavy atom. The first kappa shape index (κ1) is 15.6. The first-order valence-corrected chi connectivity index (χ1v) is 8.50. The van der Waals surface area contributed by atoms with E-state index < -0.39 is 0 Å². The third-order valence-electron chi connectivity index (χ3n) is 4.29. The van der Waals surface area contributed by atoms with Crippen LogP contribution in [0.25, 0.3) is 11.1 Å². The molecule has 0 saturated heterocycles. The molecule has 2 amide bonds. The van der Waals surface area contributed by atoms with Gasteiger partial charge in [-0.3, -0.25) is 0 Å². The Bertz CT molecular complexity index is 929. The van der Waals surface area contributed by atoms with E-state index in [9.17, 15) is 4.79 Å². The number of rotatable bonds is 3. The maximum Gasteiger partial charge on any atom is 0.319 e. The van der Waals surface area contributed by atoms with Crippen molar-refractivity contribution in [3.63, 3.8) is 0 Å². The van der Waals surface area contributed by atoms with E-state index >= 15 is 0 Å². The summed E-state index contributed by atoms with van der Waals surface area (Å²) in [5.41, 5.74) is 2.09. The SMILES string of the molecule is CCc1nc2n(n1)CCCC2NC(=O)Nc1ccc2nc(C)oc2c1. The molecule has 0 bridgehead atoms. The first-order chi connectivity index (χ1) is 12.1. The fourth-order valence-electron chi connectivity index (χ4n) is 3.13. The number of carbonyl (C=O) groups is 1. The highest BCUT2D eigenvalue weighted by atomic mass is 16.3. The van der Waals surface area contributed by atoms with Crippen LogP contribution in [-0.2, 0) is 13.0 Å². The van der Waals surface area contributed by atoms with Crippen LogP contribution in [0, 0.1) is 6.92 Å². The van der Waals surface area contributed by atoms with Crippen molar-refractivity contribution in [1.82, 2.24) is 25.1 Å². The minimum atomic E-state index is -0.268. The number of benzene rings is 1. The number of carbonyl (C=O) groups excluding carboxylic acids is 1. The van der Waals surface area contributed by atoms with E-state index in [1.165, 1.54) is 0 Å². The Labute approximate surface area is 144 Å². The molecule has 0 fully saturated rings. The van der Waals surface area contributed by atoms with Gasteiger partial charge >= 0.3 is 6.03 Å². The Balaban J connectivity index is 1.47. The number of anilines is 1. The maximum absolute atomic E-state index is 12.4. The molecular weight excluding hydrogens is 320 g/mol. The van der Waals surface area contributed by atoms with Gasteiger partial charge in [0.25, 0.3) is 0 Å². The number of nitrogens with zero attached hydrogens (tertiary/aromatic N) is 4. The lowest BCUT2D eigenvalue weighted by Crippen LogP contribution is -2.36. The molecular formula is C17H20N6O2. The van der Waals surface area contributed by atoms with Crippen molar-refractivity contribution in [2.24, 2.45) is 0 Å². The van der Waals surface area contributed by atoms with Gasteiger partial charge in [0, 0.05) is 31.6 Å². The number of aryl methyl sites for hydroxylation is 3. The molecule has 25 heavy (non-hydrogen) atoms. The summed E-state index contributed by atoms with van der Waals surface area (Å²) in [6, 6.07) is 5.01. The number of fused-ring (bicyclic) bond motifs is 2. The highest BCUT2D eigenvalue weighted by Crippen LogP contribution is 2.24. The third kappa shape index (κ3) is 3.07. The van der Waals surface area contributed by atoms with Crippen molar-refractivity contribution in [1.29, 1.82) is 0 Å². The average Bonchev–Trinajstić information content (AvgIpc) is 3.17. The second-order valence-corrected chi connectivity index (χ2v) is 6.17. The van der Waals surface area contributed by atoms with Crippen LogP contribution in [0.15, 0.2) is 22.6 Å². The van der Waals surface area contributed by atoms with Gasteiger partial charge in [-0.05, 0) is 25.0 Å². The zero-order chi connectivity index (χ0) is 17.4. The zero-order valence-electron chi connectivity index (χ0n) is 14.2. The Morgan fingerprint density at radius 2 is 2.28 bits per heavy atom. The summed E-state index contributed by atoms with van der Waals surface area (Å²) in [4.78, 5) is 21.2. The van der Waals surface area contributed by atoms with Crippen molar-refractivity contribution in [3.05, 3.63) is 35.7 Å². The summed E-state index contributed by atoms with van der Waals surface area (Å²) in [5.74, 6) is 2.25. The molecule has 8 heteroatoms. The molecule has 0 aliphatic carbocycles. The molecule has 3 heterocycles. The Hall–Kier alpha value is -2.90. The number of nitrogens with one attached hydrogen (secondary N) is 2. The fourth-order valence-corrected chi connectivity index (χ4v) is 3.13. The van der Waals surface area contributed by atoms with Crippen LogP contribution in [0.3, 0.4) is 0 Å². The number of aromatic nitrogens is 4. The van der Waals surface area contributed by atoms with Crippen LogP contribution in [0.5, 0.6) is 0 Å². The van der Waals surface area contributed by atoms with Crippen molar-refractivity contribution in [3.8, 4) is 0 Å². The molecule has 0 radical (unpaired) electrons. The van der Waals surface area contributed by atoms with Crippen LogP contribution in [0.1, 0.15) is 43.3 Å². The molecule has 3 aromatic rings. The van der Waals surface area contributed by atoms with Crippen LogP contribution >= 0.6 is 0 Å². The molecule has 1 aliphatic heterocycles. The van der Waals surface area contributed by atoms with Gasteiger partial charge in [-0.2, -0.15) is 5.10 Å². The van der Waals surface area contributed by atoms with Gasteiger partial charge in [0.1, 0.15) is 11.3 Å². The van der Waals surface area contributed by atoms with Crippen LogP contribution < -0.4 is 10.6 Å². The smallest absolute Gasteiger partial charge is 0.319 e. The number of hydrogen-bond acceptors (Lipinski definition) is 5. The summed E-state index contributed by atoms with van der Waals surface area (Å²) >= 11 is 0. The molecule has 2 aromatic heterocycles. The fraction of sp³-hybridized carbons (Fsp3) is 0.412. The molecule has 1 atom stereocenters. The van der Waals surface area contributed by atoms with Crippen molar-refractivity contribution < 1.29 is 9.21 Å². The predicted octanol–water partition coefficient (Wildman–Crippen LogP) is 2.95. The van der Waals surface area contributed by atoms with Gasteiger partial charge in [-0.15, -0.1) is 0 Å². The largest absolute Gasteiger partial charge is 0.441 e. The highest BCUT2D eigenvalue weighted by Gasteiger charge is 2.25. The molecule has 8 nitrogen and oxygen atoms in total. The lowest BCUT2D eigenvalue weighted by Gasteiger charge is -2.23. The molecule has 1 aliphatic rings. The number of amides is 2. The van der Waals surface area contributed by atoms with Crippen molar-refractivity contribution in [2.45, 2.75) is 45.7 Å². The van der Waals surface area contributed by atoms with Crippen LogP contribution in [-0.4, -0.2) is 25.8 Å². The van der Waals surface area contributed by atoms with Gasteiger partial charge in [-0.1, -0.05) is 6.92 Å². The monoisotopic (exact) mass is 340 g/mol. The minimum Gasteiger partial charge on any atom is -0.441 e. The van der Waals surface area contributed by atoms with Gasteiger partial charge in [-0.25, -0.2) is 19.4 Å². The van der Waals surface area contributed by atoms with Gasteiger partial charge < -0.3 is 15.1 Å². The summed E-state index contributed by atoms with van der Waals surface area (Å²) < 4.78 is 7.40. The maximum atomic E-state index is 12.4. The molecule has 0 spiro atoms. The second-order valence-electron chi connectivity index (χ2n) is 6.17. The minimum absolute atomic E-state index is 0.127. The molecule has 2 N–H and O–H groups in total. The standard InChI is InChI=1S/C17H20N6O2/c1-3-15-21-16-13(5-4-8-23(16)22-15)20-17(24)19-11-6-7-12-14(9-11)25-10(2)18-12/h6-7,9,13H,3-5,8H2,1-2H3,(H2,19,20,24). The molecule has 1 aromatic carbocycles. The Morgan fingerprint density at radius 1 is 1.40 bits per heavy atom. The topological polar surface area (TPSA) is 97.9 Å². The number of oxazole rings is 1. The lowest BCUT2D eigenvalue weighted by atomic mass is 10.1. The summed E-state index contributed by atoms with van der Waals surface area (Å²) in [6.07, 6.45) is 2.61. The van der Waals surface area contributed by atoms with Crippen molar-refractivity contribution >= 4 is 22.8 Å². The van der Waals surface area contributed by atoms with Crippen LogP contribution in [0.4, 0.5) is 10.5 Å². The predicted molar refractivity (Wildman–Crippen MR) is 92.3 cm³/mol. The van der Waals surface area contributed by atoms with E-state index in [0.29, 0.717) is 17.2 Å². The average molecular weight is 340 g/mol. The molecule has 1 unspecified atom stereocenters. The number of hydrogen-bond donors (Lipinski definition) is 2. The van der Waals surface area contributed by atoms with E-state index in [4.69, 9.17) is 4.42 Å². The number of urea groups is 1. The van der Waals surface area contributed by atoms with E-state index in [2.05, 4.69) is 25.7 Å². The molecule has 0 saturated carbocycles. The normalized spacial score (nSPS) is 16.6. The van der Waals surface area contributed by atoms with Crippen molar-refractivity contribution in [2.75, 3.05) is 5.32 Å². The zero-order valence-corrected chi connectivity index (χ0v) is 14.2. The summed E-state index contributed by atoms with van der Waals surface area (Å²) in [6.45, 7) is 4.67. The van der Waals surface area contributed by atoms with Crippen LogP contribution in [0.2, 0.25) is 0 Å². The van der Waals surface area contributed by atoms with E-state index in [0.717, 1.165) is 43.0 Å². The van der Waals surface area contributed by atoms with E-state index in [1.54, 1.807) is 13.0 Å². The van der Waals surface area contributed by atoms with Gasteiger partial charge in [0.05, 0.1) is 6.04 Å². The third-order valence-corrected chi connectivity index (χ3v) is 4.29.